The third-order valence-electron chi connectivity index (χ3n) is 3.98. The first-order valence-corrected chi connectivity index (χ1v) is 8.84. The first kappa shape index (κ1) is 24.4. The van der Waals surface area contributed by atoms with Crippen LogP contribution in [-0.4, -0.2) is 60.0 Å². The van der Waals surface area contributed by atoms with Gasteiger partial charge in [-0.3, -0.25) is 5.01 Å². The van der Waals surface area contributed by atoms with Gasteiger partial charge in [0.15, 0.2) is 17.5 Å². The predicted molar refractivity (Wildman–Crippen MR) is 110 cm³/mol. The molecule has 1 aliphatic rings. The van der Waals surface area contributed by atoms with Crippen LogP contribution in [0.3, 0.4) is 0 Å². The number of rotatable bonds is 6. The van der Waals surface area contributed by atoms with E-state index in [1.165, 1.54) is 9.91 Å². The number of hydrogen-bond acceptors (Lipinski definition) is 10. The highest BCUT2D eigenvalue weighted by molar-refractivity contribution is 5.87. The molecule has 0 saturated carbocycles. The van der Waals surface area contributed by atoms with E-state index < -0.39 is 12.5 Å². The lowest BCUT2D eigenvalue weighted by atomic mass is 9.99. The Morgan fingerprint density at radius 3 is 2.52 bits per heavy atom. The highest BCUT2D eigenvalue weighted by Crippen LogP contribution is 2.36. The largest absolute Gasteiger partial charge is 0.463 e. The quantitative estimate of drug-likeness (QED) is 0.193. The molecule has 0 atom stereocenters. The van der Waals surface area contributed by atoms with E-state index in [4.69, 9.17) is 22.2 Å². The molecule has 0 spiro atoms. The number of halogens is 2. The van der Waals surface area contributed by atoms with E-state index in [0.717, 1.165) is 0 Å². The number of likely N-dealkylation sites (N-methyl/N-ethyl adjacent to an activating group) is 1. The van der Waals surface area contributed by atoms with Crippen molar-refractivity contribution in [3.63, 3.8) is 0 Å². The average Bonchev–Trinajstić information content (AvgIpc) is 2.94. The van der Waals surface area contributed by atoms with Gasteiger partial charge in [-0.05, 0) is 5.41 Å². The van der Waals surface area contributed by atoms with E-state index in [-0.39, 0.29) is 54.4 Å². The van der Waals surface area contributed by atoms with Crippen molar-refractivity contribution in [3.05, 3.63) is 0 Å². The Morgan fingerprint density at radius 1 is 1.38 bits per heavy atom. The van der Waals surface area contributed by atoms with Crippen molar-refractivity contribution >= 4 is 23.2 Å². The summed E-state index contributed by atoms with van der Waals surface area (Å²) in [4.78, 5) is 9.97. The van der Waals surface area contributed by atoms with Crippen LogP contribution in [0.4, 0.5) is 26.1 Å². The summed E-state index contributed by atoms with van der Waals surface area (Å²) in [7, 11) is 1.58. The van der Waals surface area contributed by atoms with Crippen molar-refractivity contribution in [3.8, 4) is 6.01 Å². The summed E-state index contributed by atoms with van der Waals surface area (Å²) < 4.78 is 33.0. The van der Waals surface area contributed by atoms with Crippen LogP contribution in [0.25, 0.3) is 0 Å². The molecule has 11 nitrogen and oxygen atoms in total. The van der Waals surface area contributed by atoms with Crippen molar-refractivity contribution in [2.75, 3.05) is 49.2 Å². The first-order valence-electron chi connectivity index (χ1n) is 8.84. The maximum absolute atomic E-state index is 13.7. The first-order chi connectivity index (χ1) is 12.9. The second-order valence-electron chi connectivity index (χ2n) is 7.98. The number of nitrogens with two attached hydrogens (primary N) is 3. The summed E-state index contributed by atoms with van der Waals surface area (Å²) in [5.74, 6) is 8.92. The Morgan fingerprint density at radius 2 is 2.03 bits per heavy atom. The number of nitrogen functional groups attached to an aromatic ring is 1. The fraction of sp³-hybridized carbons (Fsp3) is 0.688. The molecule has 0 unspecified atom stereocenters. The Bertz CT molecular complexity index is 720. The highest BCUT2D eigenvalue weighted by Gasteiger charge is 2.40. The molecule has 1 aliphatic heterocycles. The summed E-state index contributed by atoms with van der Waals surface area (Å²) in [5.41, 5.74) is 6.16. The fourth-order valence-electron chi connectivity index (χ4n) is 2.50. The standard InChI is InChI=1S/C16H29F2N9O.H3N/c1-15(2,3)9-28-14-23-12(22-7-10(25-20)26(4)21)11(19)13(24-14)27-6-5-16(17,18)8-27;/h5-9,19-21H2,1-4H3,(H,22,23,24);1H3/b25-10-;. The molecular weight excluding hydrogens is 386 g/mol. The van der Waals surface area contributed by atoms with Crippen LogP contribution >= 0.6 is 0 Å². The number of hydrazine groups is 1. The molecule has 2 heterocycles. The average molecular weight is 418 g/mol. The maximum Gasteiger partial charge on any atom is 0.320 e. The molecule has 166 valence electrons. The topological polar surface area (TPSA) is 179 Å². The summed E-state index contributed by atoms with van der Waals surface area (Å²) in [6, 6.07) is 0.0455. The van der Waals surface area contributed by atoms with Crippen molar-refractivity contribution in [2.45, 2.75) is 33.1 Å². The molecule has 0 radical (unpaired) electrons. The van der Waals surface area contributed by atoms with Crippen molar-refractivity contribution in [1.82, 2.24) is 21.1 Å². The molecule has 1 aromatic rings. The van der Waals surface area contributed by atoms with Gasteiger partial charge in [0, 0.05) is 20.0 Å². The van der Waals surface area contributed by atoms with E-state index in [1.54, 1.807) is 7.05 Å². The number of nitrogens with zero attached hydrogens (tertiary/aromatic N) is 5. The van der Waals surface area contributed by atoms with Gasteiger partial charge < -0.3 is 32.7 Å². The van der Waals surface area contributed by atoms with Crippen LogP contribution in [0.2, 0.25) is 0 Å². The van der Waals surface area contributed by atoms with Gasteiger partial charge in [0.25, 0.3) is 5.92 Å². The third-order valence-corrected chi connectivity index (χ3v) is 3.98. The van der Waals surface area contributed by atoms with Gasteiger partial charge in [-0.1, -0.05) is 20.8 Å². The Kier molecular flexibility index (Phi) is 7.75. The number of aromatic nitrogens is 2. The molecule has 13 heteroatoms. The second kappa shape index (κ2) is 9.22. The van der Waals surface area contributed by atoms with Crippen LogP contribution < -0.4 is 38.5 Å². The van der Waals surface area contributed by atoms with E-state index in [9.17, 15) is 8.78 Å². The number of ether oxygens (including phenoxy) is 1. The number of hydrazone groups is 1. The summed E-state index contributed by atoms with van der Waals surface area (Å²) in [6.45, 7) is 6.11. The maximum atomic E-state index is 13.7. The van der Waals surface area contributed by atoms with Gasteiger partial charge in [-0.25, -0.2) is 14.6 Å². The lowest BCUT2D eigenvalue weighted by Gasteiger charge is -2.23. The lowest BCUT2D eigenvalue weighted by Crippen LogP contribution is -2.38. The van der Waals surface area contributed by atoms with Crippen molar-refractivity contribution < 1.29 is 13.5 Å². The van der Waals surface area contributed by atoms with Crippen LogP contribution in [0.1, 0.15) is 27.2 Å². The SMILES string of the molecule is CN(N)/C(CNc1nc(OCC(C)(C)C)nc(N2CCC(F)(F)C2)c1N)=N\N.N. The Balaban J connectivity index is 0.00000420. The van der Waals surface area contributed by atoms with Crippen molar-refractivity contribution in [1.29, 1.82) is 0 Å². The molecule has 1 fully saturated rings. The molecule has 0 amide bonds. The van der Waals surface area contributed by atoms with Gasteiger partial charge in [-0.15, -0.1) is 0 Å². The third kappa shape index (κ3) is 6.71. The summed E-state index contributed by atoms with van der Waals surface area (Å²) in [5, 5.41) is 7.78. The van der Waals surface area contributed by atoms with Crippen LogP contribution in [-0.2, 0) is 0 Å². The van der Waals surface area contributed by atoms with E-state index in [0.29, 0.717) is 12.4 Å². The zero-order valence-electron chi connectivity index (χ0n) is 17.4. The van der Waals surface area contributed by atoms with Gasteiger partial charge >= 0.3 is 6.01 Å². The minimum atomic E-state index is -2.79. The Labute approximate surface area is 169 Å². The fourth-order valence-corrected chi connectivity index (χ4v) is 2.50. The smallest absolute Gasteiger partial charge is 0.320 e. The summed E-state index contributed by atoms with van der Waals surface area (Å²) >= 11 is 0. The normalized spacial score (nSPS) is 16.4. The summed E-state index contributed by atoms with van der Waals surface area (Å²) in [6.07, 6.45) is -0.265. The molecule has 10 N–H and O–H groups in total. The van der Waals surface area contributed by atoms with E-state index in [1.807, 2.05) is 20.8 Å². The second-order valence-corrected chi connectivity index (χ2v) is 7.98. The lowest BCUT2D eigenvalue weighted by molar-refractivity contribution is 0.0256. The van der Waals surface area contributed by atoms with Gasteiger partial charge in [0.05, 0.1) is 19.7 Å². The number of anilines is 3. The highest BCUT2D eigenvalue weighted by atomic mass is 19.3. The van der Waals surface area contributed by atoms with E-state index >= 15 is 0 Å². The number of alkyl halides is 2. The minimum Gasteiger partial charge on any atom is -0.463 e. The number of nitrogens with one attached hydrogen (secondary N) is 1. The molecule has 0 bridgehead atoms. The molecule has 2 rings (SSSR count). The van der Waals surface area contributed by atoms with Gasteiger partial charge in [0.1, 0.15) is 5.69 Å². The predicted octanol–water partition coefficient (Wildman–Crippen LogP) is 0.981. The van der Waals surface area contributed by atoms with Gasteiger partial charge in [0.2, 0.25) is 0 Å². The zero-order chi connectivity index (χ0) is 21.1. The molecular formula is C16H32F2N10O. The van der Waals surface area contributed by atoms with Gasteiger partial charge in [-0.2, -0.15) is 15.1 Å². The van der Waals surface area contributed by atoms with Crippen LogP contribution in [0.15, 0.2) is 5.10 Å². The minimum absolute atomic E-state index is 0. The molecule has 0 aliphatic carbocycles. The number of amidine groups is 1. The van der Waals surface area contributed by atoms with Crippen LogP contribution in [0.5, 0.6) is 6.01 Å². The zero-order valence-corrected chi connectivity index (χ0v) is 17.4. The van der Waals surface area contributed by atoms with Crippen molar-refractivity contribution in [2.24, 2.45) is 22.2 Å². The molecule has 29 heavy (non-hydrogen) atoms. The number of hydrogen-bond donors (Lipinski definition) is 5. The Hall–Kier alpha value is -2.67. The van der Waals surface area contributed by atoms with E-state index in [2.05, 4.69) is 20.4 Å². The molecule has 1 aromatic heterocycles. The monoisotopic (exact) mass is 418 g/mol. The molecule has 0 aromatic carbocycles. The van der Waals surface area contributed by atoms with Crippen LogP contribution in [0, 0.1) is 5.41 Å². The molecule has 1 saturated heterocycles.